The van der Waals surface area contributed by atoms with Crippen molar-refractivity contribution in [2.24, 2.45) is 0 Å². The van der Waals surface area contributed by atoms with Crippen LogP contribution >= 0.6 is 27.5 Å². The summed E-state index contributed by atoms with van der Waals surface area (Å²) < 4.78 is 53.6. The molecule has 1 N–H and O–H groups in total. The van der Waals surface area contributed by atoms with Crippen LogP contribution < -0.4 is 0 Å². The number of nitro benzene ring substituents is 1. The molecule has 0 aliphatic carbocycles. The second-order valence-corrected chi connectivity index (χ2v) is 6.91. The number of fused-ring (bicyclic) bond motifs is 1. The lowest BCUT2D eigenvalue weighted by Gasteiger charge is -2.16. The first-order valence-electron chi connectivity index (χ1n) is 7.55. The van der Waals surface area contributed by atoms with E-state index in [1.54, 1.807) is 0 Å². The number of aliphatic hydroxyl groups is 1. The summed E-state index contributed by atoms with van der Waals surface area (Å²) in [4.78, 5) is 10.7. The Morgan fingerprint density at radius 3 is 2.61 bits per heavy atom. The van der Waals surface area contributed by atoms with Gasteiger partial charge in [-0.3, -0.25) is 14.8 Å². The fourth-order valence-corrected chi connectivity index (χ4v) is 3.82. The van der Waals surface area contributed by atoms with Crippen LogP contribution in [0.4, 0.5) is 23.2 Å². The van der Waals surface area contributed by atoms with Gasteiger partial charge in [-0.05, 0) is 34.1 Å². The molecule has 6 nitrogen and oxygen atoms in total. The largest absolute Gasteiger partial charge is 0.383 e. The summed E-state index contributed by atoms with van der Waals surface area (Å²) in [5.74, 6) is -1.93. The number of aromatic nitrogens is 2. The Labute approximate surface area is 167 Å². The molecule has 1 unspecified atom stereocenters. The molecule has 148 valence electrons. The van der Waals surface area contributed by atoms with Crippen LogP contribution in [-0.4, -0.2) is 26.2 Å². The highest BCUT2D eigenvalue weighted by Gasteiger charge is 2.31. The predicted molar refractivity (Wildman–Crippen MR) is 95.5 cm³/mol. The molecule has 2 aromatic carbocycles. The number of alkyl halides is 2. The highest BCUT2D eigenvalue weighted by Crippen LogP contribution is 2.43. The molecule has 0 bridgehead atoms. The van der Waals surface area contributed by atoms with E-state index in [1.807, 2.05) is 0 Å². The monoisotopic (exact) mass is 481 g/mol. The summed E-state index contributed by atoms with van der Waals surface area (Å²) in [6.07, 6.45) is -4.68. The lowest BCUT2D eigenvalue weighted by molar-refractivity contribution is -0.386. The summed E-state index contributed by atoms with van der Waals surface area (Å²) in [5, 5.41) is 25.1. The van der Waals surface area contributed by atoms with Crippen LogP contribution in [0, 0.1) is 21.9 Å². The molecule has 0 saturated heterocycles. The number of nitro groups is 1. The van der Waals surface area contributed by atoms with E-state index in [4.69, 9.17) is 11.6 Å². The molecule has 0 fully saturated rings. The van der Waals surface area contributed by atoms with Gasteiger partial charge < -0.3 is 5.11 Å². The maximum absolute atomic E-state index is 14.3. The number of hydrogen-bond acceptors (Lipinski definition) is 4. The minimum atomic E-state index is -2.88. The Hall–Kier alpha value is -2.24. The number of hydrogen-bond donors (Lipinski definition) is 1. The van der Waals surface area contributed by atoms with Crippen LogP contribution in [0.5, 0.6) is 0 Å². The van der Waals surface area contributed by atoms with Crippen LogP contribution in [0.25, 0.3) is 10.9 Å². The smallest absolute Gasteiger partial charge is 0.278 e. The van der Waals surface area contributed by atoms with Crippen LogP contribution in [0.15, 0.2) is 28.7 Å². The van der Waals surface area contributed by atoms with E-state index in [0.717, 1.165) is 24.3 Å². The van der Waals surface area contributed by atoms with Gasteiger partial charge in [0.1, 0.15) is 18.5 Å². The third-order valence-corrected chi connectivity index (χ3v) is 5.16. The standard InChI is InChI=1S/C16H9BrClF4N3O3/c17-14-12(15(26)7-3-6(19)1-2-8(7)18)10(25(27)28)4-9-13(14)16(22)23-24(9)5-11(20)21/h1-4,11,15,26H,5H2. The van der Waals surface area contributed by atoms with Crippen LogP contribution in [-0.2, 0) is 6.54 Å². The van der Waals surface area contributed by atoms with Gasteiger partial charge in [0.25, 0.3) is 12.1 Å². The maximum atomic E-state index is 14.3. The predicted octanol–water partition coefficient (Wildman–Crippen LogP) is 4.99. The van der Waals surface area contributed by atoms with Crippen molar-refractivity contribution in [2.75, 3.05) is 0 Å². The van der Waals surface area contributed by atoms with Gasteiger partial charge in [-0.15, -0.1) is 5.10 Å². The van der Waals surface area contributed by atoms with E-state index in [-0.39, 0.29) is 26.0 Å². The molecular formula is C16H9BrClF4N3O3. The molecule has 28 heavy (non-hydrogen) atoms. The van der Waals surface area contributed by atoms with Gasteiger partial charge in [-0.25, -0.2) is 13.2 Å². The fourth-order valence-electron chi connectivity index (χ4n) is 2.81. The highest BCUT2D eigenvalue weighted by atomic mass is 79.9. The van der Waals surface area contributed by atoms with Crippen molar-refractivity contribution in [3.05, 3.63) is 66.8 Å². The van der Waals surface area contributed by atoms with Gasteiger partial charge in [0.05, 0.1) is 21.4 Å². The highest BCUT2D eigenvalue weighted by molar-refractivity contribution is 9.10. The zero-order chi connectivity index (χ0) is 20.7. The van der Waals surface area contributed by atoms with Crippen LogP contribution in [0.2, 0.25) is 5.02 Å². The number of rotatable bonds is 5. The number of aliphatic hydroxyl groups excluding tert-OH is 1. The summed E-state index contributed by atoms with van der Waals surface area (Å²) >= 11 is 8.94. The van der Waals surface area contributed by atoms with Crippen molar-refractivity contribution >= 4 is 44.1 Å². The minimum absolute atomic E-state index is 0.0796. The summed E-state index contributed by atoms with van der Waals surface area (Å²) in [5.41, 5.74) is -1.58. The Balaban J connectivity index is 2.31. The van der Waals surface area contributed by atoms with Crippen molar-refractivity contribution < 1.29 is 27.6 Å². The molecule has 1 aromatic heterocycles. The van der Waals surface area contributed by atoms with Gasteiger partial charge in [-0.2, -0.15) is 4.39 Å². The Bertz CT molecular complexity index is 1090. The van der Waals surface area contributed by atoms with Gasteiger partial charge in [0.2, 0.25) is 5.95 Å². The lowest BCUT2D eigenvalue weighted by Crippen LogP contribution is -2.09. The second kappa shape index (κ2) is 7.64. The van der Waals surface area contributed by atoms with Gasteiger partial charge in [-0.1, -0.05) is 11.6 Å². The van der Waals surface area contributed by atoms with Gasteiger partial charge >= 0.3 is 0 Å². The number of halogens is 6. The normalized spacial score (nSPS) is 12.7. The van der Waals surface area contributed by atoms with Gasteiger partial charge in [0, 0.05) is 21.1 Å². The Morgan fingerprint density at radius 2 is 2.00 bits per heavy atom. The van der Waals surface area contributed by atoms with E-state index in [9.17, 15) is 32.8 Å². The molecule has 3 rings (SSSR count). The summed E-state index contributed by atoms with van der Waals surface area (Å²) in [6.45, 7) is -0.984. The molecule has 0 saturated carbocycles. The van der Waals surface area contributed by atoms with E-state index in [0.29, 0.717) is 4.68 Å². The summed E-state index contributed by atoms with van der Waals surface area (Å²) in [7, 11) is 0. The third kappa shape index (κ3) is 3.56. The topological polar surface area (TPSA) is 81.2 Å². The van der Waals surface area contributed by atoms with Crippen LogP contribution in [0.1, 0.15) is 17.2 Å². The van der Waals surface area contributed by atoms with Crippen molar-refractivity contribution in [1.29, 1.82) is 0 Å². The minimum Gasteiger partial charge on any atom is -0.383 e. The molecule has 0 spiro atoms. The Morgan fingerprint density at radius 1 is 1.32 bits per heavy atom. The molecule has 0 aliphatic rings. The Kier molecular flexibility index (Phi) is 5.60. The van der Waals surface area contributed by atoms with Crippen molar-refractivity contribution in [1.82, 2.24) is 9.78 Å². The van der Waals surface area contributed by atoms with E-state index in [2.05, 4.69) is 21.0 Å². The average molecular weight is 483 g/mol. The molecule has 0 amide bonds. The zero-order valence-corrected chi connectivity index (χ0v) is 15.9. The van der Waals surface area contributed by atoms with Gasteiger partial charge in [0.15, 0.2) is 0 Å². The average Bonchev–Trinajstić information content (AvgIpc) is 2.91. The van der Waals surface area contributed by atoms with Crippen LogP contribution in [0.3, 0.4) is 0 Å². The third-order valence-electron chi connectivity index (χ3n) is 3.99. The molecule has 1 heterocycles. The first kappa shape index (κ1) is 20.5. The molecule has 0 aliphatic heterocycles. The molecular weight excluding hydrogens is 474 g/mol. The molecule has 3 aromatic rings. The fraction of sp³-hybridized carbons (Fsp3) is 0.188. The summed E-state index contributed by atoms with van der Waals surface area (Å²) in [6, 6.07) is 3.88. The molecule has 12 heteroatoms. The van der Waals surface area contributed by atoms with E-state index in [1.165, 1.54) is 0 Å². The van der Waals surface area contributed by atoms with Crippen molar-refractivity contribution in [3.63, 3.8) is 0 Å². The first-order chi connectivity index (χ1) is 13.1. The maximum Gasteiger partial charge on any atom is 0.278 e. The van der Waals surface area contributed by atoms with E-state index >= 15 is 0 Å². The van der Waals surface area contributed by atoms with E-state index < -0.39 is 47.0 Å². The van der Waals surface area contributed by atoms with Crippen molar-refractivity contribution in [3.8, 4) is 0 Å². The quantitative estimate of drug-likeness (QED) is 0.316. The SMILES string of the molecule is O=[N+]([O-])c1cc2c(c(F)nn2CC(F)F)c(Br)c1C(O)c1cc(F)ccc1Cl. The zero-order valence-electron chi connectivity index (χ0n) is 13.5. The lowest BCUT2D eigenvalue weighted by atomic mass is 9.98. The molecule has 0 radical (unpaired) electrons. The number of benzene rings is 2. The van der Waals surface area contributed by atoms with Crippen molar-refractivity contribution in [2.45, 2.75) is 19.1 Å². The molecule has 1 atom stereocenters. The first-order valence-corrected chi connectivity index (χ1v) is 8.72. The number of nitrogens with zero attached hydrogens (tertiary/aromatic N) is 3. The second-order valence-electron chi connectivity index (χ2n) is 5.71.